The van der Waals surface area contributed by atoms with Gasteiger partial charge in [-0.3, -0.25) is 9.78 Å². The van der Waals surface area contributed by atoms with E-state index in [-0.39, 0.29) is 5.91 Å². The summed E-state index contributed by atoms with van der Waals surface area (Å²) in [5.74, 6) is 0.442. The molecule has 0 bridgehead atoms. The lowest BCUT2D eigenvalue weighted by atomic mass is 10.1. The van der Waals surface area contributed by atoms with Crippen molar-refractivity contribution in [2.24, 2.45) is 0 Å². The molecule has 2 heterocycles. The number of nitrogens with zero attached hydrogens (tertiary/aromatic N) is 2. The zero-order valence-corrected chi connectivity index (χ0v) is 13.9. The van der Waals surface area contributed by atoms with Gasteiger partial charge in [0.25, 0.3) is 11.1 Å². The van der Waals surface area contributed by atoms with Crippen LogP contribution >= 0.6 is 11.3 Å². The number of ether oxygens (including phenoxy) is 1. The SMILES string of the molecule is O=C(Nc1cccc2cccnc12)c1ccc(Oc2nccs2)cc1. The average Bonchev–Trinajstić information content (AvgIpc) is 3.16. The topological polar surface area (TPSA) is 64.1 Å². The van der Waals surface area contributed by atoms with Crippen molar-refractivity contribution in [3.05, 3.63) is 77.9 Å². The van der Waals surface area contributed by atoms with Crippen molar-refractivity contribution in [3.63, 3.8) is 0 Å². The second-order valence-electron chi connectivity index (χ2n) is 5.26. The molecule has 122 valence electrons. The van der Waals surface area contributed by atoms with Gasteiger partial charge in [-0.05, 0) is 36.4 Å². The van der Waals surface area contributed by atoms with E-state index in [0.717, 1.165) is 10.9 Å². The number of benzene rings is 2. The summed E-state index contributed by atoms with van der Waals surface area (Å²) in [5.41, 5.74) is 1.99. The maximum Gasteiger partial charge on any atom is 0.278 e. The number of para-hydroxylation sites is 1. The summed E-state index contributed by atoms with van der Waals surface area (Å²) in [6.45, 7) is 0. The Morgan fingerprint density at radius 1 is 0.960 bits per heavy atom. The fourth-order valence-electron chi connectivity index (χ4n) is 2.44. The summed E-state index contributed by atoms with van der Waals surface area (Å²) in [6, 6.07) is 16.5. The highest BCUT2D eigenvalue weighted by Crippen LogP contribution is 2.24. The molecule has 0 spiro atoms. The maximum atomic E-state index is 12.5. The van der Waals surface area contributed by atoms with Gasteiger partial charge in [0.15, 0.2) is 0 Å². The minimum atomic E-state index is -0.195. The van der Waals surface area contributed by atoms with E-state index in [2.05, 4.69) is 15.3 Å². The summed E-state index contributed by atoms with van der Waals surface area (Å²) in [6.07, 6.45) is 3.39. The third-order valence-electron chi connectivity index (χ3n) is 3.61. The van der Waals surface area contributed by atoms with Gasteiger partial charge in [-0.1, -0.05) is 29.5 Å². The van der Waals surface area contributed by atoms with Gasteiger partial charge in [0.05, 0.1) is 11.2 Å². The van der Waals surface area contributed by atoms with Gasteiger partial charge in [0, 0.05) is 28.7 Å². The fourth-order valence-corrected chi connectivity index (χ4v) is 2.94. The third-order valence-corrected chi connectivity index (χ3v) is 4.26. The van der Waals surface area contributed by atoms with Crippen LogP contribution in [-0.4, -0.2) is 15.9 Å². The number of aromatic nitrogens is 2. The van der Waals surface area contributed by atoms with Gasteiger partial charge in [-0.15, -0.1) is 0 Å². The lowest BCUT2D eigenvalue weighted by molar-refractivity contribution is 0.102. The van der Waals surface area contributed by atoms with Gasteiger partial charge in [-0.2, -0.15) is 0 Å². The van der Waals surface area contributed by atoms with E-state index in [1.165, 1.54) is 11.3 Å². The van der Waals surface area contributed by atoms with Crippen LogP contribution in [0.25, 0.3) is 10.9 Å². The summed E-state index contributed by atoms with van der Waals surface area (Å²) in [7, 11) is 0. The Kier molecular flexibility index (Phi) is 4.10. The van der Waals surface area contributed by atoms with E-state index in [9.17, 15) is 4.79 Å². The Morgan fingerprint density at radius 2 is 1.80 bits per heavy atom. The van der Waals surface area contributed by atoms with Crippen LogP contribution in [0.2, 0.25) is 0 Å². The van der Waals surface area contributed by atoms with Gasteiger partial charge in [0.2, 0.25) is 0 Å². The number of amides is 1. The minimum absolute atomic E-state index is 0.195. The lowest BCUT2D eigenvalue weighted by Crippen LogP contribution is -2.12. The Bertz CT molecular complexity index is 1010. The van der Waals surface area contributed by atoms with Gasteiger partial charge in [0.1, 0.15) is 5.75 Å². The number of thiazole rings is 1. The first kappa shape index (κ1) is 15.3. The number of carbonyl (C=O) groups is 1. The highest BCUT2D eigenvalue weighted by molar-refractivity contribution is 7.11. The monoisotopic (exact) mass is 347 g/mol. The van der Waals surface area contributed by atoms with Gasteiger partial charge < -0.3 is 10.1 Å². The van der Waals surface area contributed by atoms with Crippen molar-refractivity contribution >= 4 is 33.8 Å². The number of anilines is 1. The molecule has 0 saturated heterocycles. The molecule has 0 aliphatic rings. The van der Waals surface area contributed by atoms with E-state index in [1.54, 1.807) is 36.7 Å². The molecule has 2 aromatic heterocycles. The maximum absolute atomic E-state index is 12.5. The molecule has 0 aliphatic heterocycles. The molecule has 1 amide bonds. The van der Waals surface area contributed by atoms with E-state index >= 15 is 0 Å². The first-order chi connectivity index (χ1) is 12.3. The van der Waals surface area contributed by atoms with E-state index in [4.69, 9.17) is 4.74 Å². The molecule has 0 unspecified atom stereocenters. The first-order valence-corrected chi connectivity index (χ1v) is 8.50. The molecular formula is C19H13N3O2S. The Hall–Kier alpha value is -3.25. The number of hydrogen-bond acceptors (Lipinski definition) is 5. The first-order valence-electron chi connectivity index (χ1n) is 7.62. The molecule has 25 heavy (non-hydrogen) atoms. The lowest BCUT2D eigenvalue weighted by Gasteiger charge is -2.08. The molecule has 0 saturated carbocycles. The predicted octanol–water partition coefficient (Wildman–Crippen LogP) is 4.74. The van der Waals surface area contributed by atoms with E-state index in [1.807, 2.05) is 35.7 Å². The standard InChI is InChI=1S/C19H13N3O2S/c23-18(22-16-5-1-3-13-4-2-10-20-17(13)16)14-6-8-15(9-7-14)24-19-21-11-12-25-19/h1-12H,(H,22,23). The highest BCUT2D eigenvalue weighted by atomic mass is 32.1. The van der Waals surface area contributed by atoms with Crippen molar-refractivity contribution in [1.29, 1.82) is 0 Å². The molecular weight excluding hydrogens is 334 g/mol. The number of nitrogens with one attached hydrogen (secondary N) is 1. The van der Waals surface area contributed by atoms with Crippen molar-refractivity contribution in [2.45, 2.75) is 0 Å². The smallest absolute Gasteiger partial charge is 0.278 e. The summed E-state index contributed by atoms with van der Waals surface area (Å²) in [4.78, 5) is 20.9. The number of rotatable bonds is 4. The van der Waals surface area contributed by atoms with Crippen LogP contribution in [0.5, 0.6) is 10.9 Å². The molecule has 5 nitrogen and oxygen atoms in total. The van der Waals surface area contributed by atoms with Crippen LogP contribution in [-0.2, 0) is 0 Å². The van der Waals surface area contributed by atoms with Crippen LogP contribution in [0, 0.1) is 0 Å². The highest BCUT2D eigenvalue weighted by Gasteiger charge is 2.09. The number of carbonyl (C=O) groups excluding carboxylic acids is 1. The van der Waals surface area contributed by atoms with E-state index in [0.29, 0.717) is 22.2 Å². The van der Waals surface area contributed by atoms with Gasteiger partial charge >= 0.3 is 0 Å². The quantitative estimate of drug-likeness (QED) is 0.579. The Morgan fingerprint density at radius 3 is 2.60 bits per heavy atom. The zero-order valence-electron chi connectivity index (χ0n) is 13.0. The van der Waals surface area contributed by atoms with Crippen LogP contribution < -0.4 is 10.1 Å². The molecule has 0 fully saturated rings. The van der Waals surface area contributed by atoms with Crippen LogP contribution in [0.4, 0.5) is 5.69 Å². The molecule has 0 aliphatic carbocycles. The van der Waals surface area contributed by atoms with Crippen molar-refractivity contribution in [3.8, 4) is 10.9 Å². The average molecular weight is 347 g/mol. The number of fused-ring (bicyclic) bond motifs is 1. The molecule has 0 atom stereocenters. The number of pyridine rings is 1. The Balaban J connectivity index is 1.52. The zero-order chi connectivity index (χ0) is 17.1. The fraction of sp³-hybridized carbons (Fsp3) is 0. The summed E-state index contributed by atoms with van der Waals surface area (Å²) >= 11 is 1.41. The van der Waals surface area contributed by atoms with E-state index < -0.39 is 0 Å². The van der Waals surface area contributed by atoms with Crippen molar-refractivity contribution < 1.29 is 9.53 Å². The van der Waals surface area contributed by atoms with Crippen LogP contribution in [0.3, 0.4) is 0 Å². The molecule has 4 aromatic rings. The molecule has 4 rings (SSSR count). The molecule has 2 aromatic carbocycles. The minimum Gasteiger partial charge on any atom is -0.431 e. The summed E-state index contributed by atoms with van der Waals surface area (Å²) in [5, 5.41) is 6.30. The summed E-state index contributed by atoms with van der Waals surface area (Å²) < 4.78 is 5.59. The third kappa shape index (κ3) is 3.34. The molecule has 6 heteroatoms. The van der Waals surface area contributed by atoms with Gasteiger partial charge in [-0.25, -0.2) is 4.98 Å². The predicted molar refractivity (Wildman–Crippen MR) is 98.3 cm³/mol. The van der Waals surface area contributed by atoms with Crippen LogP contribution in [0.1, 0.15) is 10.4 Å². The molecule has 1 N–H and O–H groups in total. The van der Waals surface area contributed by atoms with Crippen molar-refractivity contribution in [2.75, 3.05) is 5.32 Å². The second-order valence-corrected chi connectivity index (χ2v) is 6.12. The largest absolute Gasteiger partial charge is 0.431 e. The second kappa shape index (κ2) is 6.70. The molecule has 0 radical (unpaired) electrons. The van der Waals surface area contributed by atoms with Crippen LogP contribution in [0.15, 0.2) is 72.4 Å². The van der Waals surface area contributed by atoms with Crippen molar-refractivity contribution in [1.82, 2.24) is 9.97 Å². The normalized spacial score (nSPS) is 10.6. The number of hydrogen-bond donors (Lipinski definition) is 1. The Labute approximate surface area is 147 Å².